The minimum Gasteiger partial charge on any atom is -0.354 e. The maximum Gasteiger partial charge on any atom is 0.217 e. The molecule has 82 valence electrons. The third-order valence-electron chi connectivity index (χ3n) is 3.54. The van der Waals surface area contributed by atoms with Crippen LogP contribution >= 0.6 is 0 Å². The van der Waals surface area contributed by atoms with Gasteiger partial charge in [0.25, 0.3) is 0 Å². The van der Waals surface area contributed by atoms with Gasteiger partial charge in [-0.05, 0) is 30.6 Å². The number of amides is 1. The Hall–Kier alpha value is -0.530. The van der Waals surface area contributed by atoms with E-state index in [1.54, 1.807) is 6.92 Å². The van der Waals surface area contributed by atoms with Crippen LogP contribution in [0.3, 0.4) is 0 Å². The monoisotopic (exact) mass is 197 g/mol. The molecule has 0 aromatic rings. The van der Waals surface area contributed by atoms with Crippen LogP contribution in [-0.4, -0.2) is 11.9 Å². The van der Waals surface area contributed by atoms with Crippen LogP contribution in [0.15, 0.2) is 0 Å². The van der Waals surface area contributed by atoms with Crippen LogP contribution in [0.25, 0.3) is 0 Å². The molecule has 14 heavy (non-hydrogen) atoms. The molecule has 1 rings (SSSR count). The van der Waals surface area contributed by atoms with E-state index in [1.165, 1.54) is 25.7 Å². The van der Waals surface area contributed by atoms with Crippen molar-refractivity contribution in [2.45, 2.75) is 59.4 Å². The van der Waals surface area contributed by atoms with Crippen molar-refractivity contribution < 1.29 is 4.79 Å². The first-order chi connectivity index (χ1) is 6.45. The normalized spacial score (nSPS) is 26.9. The van der Waals surface area contributed by atoms with Crippen LogP contribution in [-0.2, 0) is 4.79 Å². The molecule has 0 heterocycles. The van der Waals surface area contributed by atoms with Crippen LogP contribution in [0.5, 0.6) is 0 Å². The van der Waals surface area contributed by atoms with Gasteiger partial charge in [0.1, 0.15) is 0 Å². The van der Waals surface area contributed by atoms with Gasteiger partial charge in [-0.2, -0.15) is 0 Å². The summed E-state index contributed by atoms with van der Waals surface area (Å²) in [5.74, 6) is 0.918. The standard InChI is InChI=1S/C12H23NO/c1-5-6-12(3,4)10-7-11(8-10)13-9(2)14/h10-11H,5-8H2,1-4H3,(H,13,14). The Labute approximate surface area is 87.5 Å². The van der Waals surface area contributed by atoms with Crippen LogP contribution in [0.2, 0.25) is 0 Å². The van der Waals surface area contributed by atoms with E-state index in [0.717, 1.165) is 5.92 Å². The molecule has 0 bridgehead atoms. The van der Waals surface area contributed by atoms with Gasteiger partial charge in [0.2, 0.25) is 5.91 Å². The fourth-order valence-corrected chi connectivity index (χ4v) is 2.51. The highest BCUT2D eigenvalue weighted by Gasteiger charge is 2.39. The molecule has 1 N–H and O–H groups in total. The lowest BCUT2D eigenvalue weighted by Gasteiger charge is -2.45. The lowest BCUT2D eigenvalue weighted by Crippen LogP contribution is -2.48. The van der Waals surface area contributed by atoms with Gasteiger partial charge in [-0.1, -0.05) is 27.2 Å². The second-order valence-electron chi connectivity index (χ2n) is 5.30. The average molecular weight is 197 g/mol. The van der Waals surface area contributed by atoms with E-state index in [1.807, 2.05) is 0 Å². The fourth-order valence-electron chi connectivity index (χ4n) is 2.51. The van der Waals surface area contributed by atoms with Crippen molar-refractivity contribution in [3.05, 3.63) is 0 Å². The van der Waals surface area contributed by atoms with E-state index in [9.17, 15) is 4.79 Å². The zero-order chi connectivity index (χ0) is 10.8. The highest BCUT2D eigenvalue weighted by atomic mass is 16.1. The molecule has 2 nitrogen and oxygen atoms in total. The Morgan fingerprint density at radius 1 is 1.43 bits per heavy atom. The Kier molecular flexibility index (Phi) is 3.57. The summed E-state index contributed by atoms with van der Waals surface area (Å²) >= 11 is 0. The Morgan fingerprint density at radius 3 is 2.43 bits per heavy atom. The highest BCUT2D eigenvalue weighted by Crippen LogP contribution is 2.44. The fraction of sp³-hybridized carbons (Fsp3) is 0.917. The molecule has 0 aromatic carbocycles. The Morgan fingerprint density at radius 2 is 2.00 bits per heavy atom. The van der Waals surface area contributed by atoms with Gasteiger partial charge in [0.05, 0.1) is 0 Å². The summed E-state index contributed by atoms with van der Waals surface area (Å²) < 4.78 is 0. The summed E-state index contributed by atoms with van der Waals surface area (Å²) in [5, 5.41) is 2.98. The molecule has 0 aromatic heterocycles. The maximum atomic E-state index is 10.8. The molecule has 1 saturated carbocycles. The van der Waals surface area contributed by atoms with Gasteiger partial charge >= 0.3 is 0 Å². The molecule has 0 spiro atoms. The minimum atomic E-state index is 0.113. The van der Waals surface area contributed by atoms with Crippen LogP contribution in [0, 0.1) is 11.3 Å². The molecule has 1 fully saturated rings. The van der Waals surface area contributed by atoms with E-state index in [-0.39, 0.29) is 5.91 Å². The highest BCUT2D eigenvalue weighted by molar-refractivity contribution is 5.73. The lowest BCUT2D eigenvalue weighted by molar-refractivity contribution is -0.121. The third-order valence-corrected chi connectivity index (χ3v) is 3.54. The molecule has 1 aliphatic carbocycles. The molecule has 2 heteroatoms. The molecule has 0 unspecified atom stereocenters. The van der Waals surface area contributed by atoms with E-state index in [2.05, 4.69) is 26.1 Å². The van der Waals surface area contributed by atoms with Gasteiger partial charge in [-0.3, -0.25) is 4.79 Å². The van der Waals surface area contributed by atoms with Crippen LogP contribution < -0.4 is 5.32 Å². The number of nitrogens with one attached hydrogen (secondary N) is 1. The topological polar surface area (TPSA) is 29.1 Å². The number of hydrogen-bond acceptors (Lipinski definition) is 1. The number of carbonyl (C=O) groups is 1. The quantitative estimate of drug-likeness (QED) is 0.737. The van der Waals surface area contributed by atoms with Crippen molar-refractivity contribution in [2.75, 3.05) is 0 Å². The summed E-state index contributed by atoms with van der Waals surface area (Å²) in [4.78, 5) is 10.8. The smallest absolute Gasteiger partial charge is 0.217 e. The summed E-state index contributed by atoms with van der Waals surface area (Å²) in [6, 6.07) is 0.452. The molecule has 1 aliphatic rings. The molecule has 1 amide bonds. The van der Waals surface area contributed by atoms with E-state index < -0.39 is 0 Å². The number of rotatable bonds is 4. The summed E-state index contributed by atoms with van der Waals surface area (Å²) in [5.41, 5.74) is 0.462. The van der Waals surface area contributed by atoms with Gasteiger partial charge in [0.15, 0.2) is 0 Å². The minimum absolute atomic E-state index is 0.113. The predicted octanol–water partition coefficient (Wildman–Crippen LogP) is 2.73. The van der Waals surface area contributed by atoms with Crippen LogP contribution in [0.4, 0.5) is 0 Å². The third kappa shape index (κ3) is 2.73. The molecule has 0 radical (unpaired) electrons. The lowest BCUT2D eigenvalue weighted by atomic mass is 9.63. The maximum absolute atomic E-state index is 10.8. The van der Waals surface area contributed by atoms with Gasteiger partial charge in [-0.25, -0.2) is 0 Å². The van der Waals surface area contributed by atoms with Crippen molar-refractivity contribution in [3.63, 3.8) is 0 Å². The zero-order valence-electron chi connectivity index (χ0n) is 9.89. The predicted molar refractivity (Wildman–Crippen MR) is 59.0 cm³/mol. The first-order valence-corrected chi connectivity index (χ1v) is 5.73. The number of carbonyl (C=O) groups excluding carboxylic acids is 1. The average Bonchev–Trinajstić information content (AvgIpc) is 1.94. The van der Waals surface area contributed by atoms with Gasteiger partial charge in [0, 0.05) is 13.0 Å². The molecular weight excluding hydrogens is 174 g/mol. The van der Waals surface area contributed by atoms with Crippen molar-refractivity contribution in [2.24, 2.45) is 11.3 Å². The van der Waals surface area contributed by atoms with Gasteiger partial charge < -0.3 is 5.32 Å². The molecular formula is C12H23NO. The second kappa shape index (κ2) is 4.33. The zero-order valence-corrected chi connectivity index (χ0v) is 9.89. The summed E-state index contributed by atoms with van der Waals surface area (Å²) in [6.45, 7) is 8.55. The first-order valence-electron chi connectivity index (χ1n) is 5.73. The molecule has 0 saturated heterocycles. The van der Waals surface area contributed by atoms with E-state index in [0.29, 0.717) is 11.5 Å². The van der Waals surface area contributed by atoms with E-state index >= 15 is 0 Å². The number of hydrogen-bond donors (Lipinski definition) is 1. The largest absolute Gasteiger partial charge is 0.354 e. The van der Waals surface area contributed by atoms with Crippen molar-refractivity contribution in [1.29, 1.82) is 0 Å². The summed E-state index contributed by atoms with van der Waals surface area (Å²) in [6.07, 6.45) is 4.90. The van der Waals surface area contributed by atoms with E-state index in [4.69, 9.17) is 0 Å². The Bertz CT molecular complexity index is 204. The SMILES string of the molecule is CCCC(C)(C)C1CC(NC(C)=O)C1. The van der Waals surface area contributed by atoms with Crippen molar-refractivity contribution >= 4 is 5.91 Å². The van der Waals surface area contributed by atoms with Crippen molar-refractivity contribution in [1.82, 2.24) is 5.32 Å². The summed E-state index contributed by atoms with van der Waals surface area (Å²) in [7, 11) is 0. The second-order valence-corrected chi connectivity index (χ2v) is 5.30. The molecule has 0 aliphatic heterocycles. The van der Waals surface area contributed by atoms with Crippen LogP contribution in [0.1, 0.15) is 53.4 Å². The Balaban J connectivity index is 2.29. The first kappa shape index (κ1) is 11.5. The van der Waals surface area contributed by atoms with Crippen molar-refractivity contribution in [3.8, 4) is 0 Å². The molecule has 0 atom stereocenters. The van der Waals surface area contributed by atoms with Gasteiger partial charge in [-0.15, -0.1) is 0 Å².